The molecule has 0 aliphatic carbocycles. The van der Waals surface area contributed by atoms with Gasteiger partial charge in [-0.25, -0.2) is 8.42 Å². The van der Waals surface area contributed by atoms with Gasteiger partial charge in [-0.3, -0.25) is 13.9 Å². The van der Waals surface area contributed by atoms with Gasteiger partial charge < -0.3 is 14.6 Å². The van der Waals surface area contributed by atoms with Gasteiger partial charge in [0.2, 0.25) is 5.91 Å². The van der Waals surface area contributed by atoms with Gasteiger partial charge in [0.1, 0.15) is 0 Å². The second-order valence-corrected chi connectivity index (χ2v) is 10.4. The lowest BCUT2D eigenvalue weighted by atomic mass is 10.0. The number of piperidine rings is 1. The summed E-state index contributed by atoms with van der Waals surface area (Å²) in [5.41, 5.74) is 1.53. The summed E-state index contributed by atoms with van der Waals surface area (Å²) in [4.78, 5) is 27.0. The molecular weight excluding hydrogens is 466 g/mol. The van der Waals surface area contributed by atoms with Gasteiger partial charge >= 0.3 is 0 Å². The highest BCUT2D eigenvalue weighted by Crippen LogP contribution is 2.24. The van der Waals surface area contributed by atoms with E-state index in [-0.39, 0.29) is 35.7 Å². The van der Waals surface area contributed by atoms with Crippen LogP contribution in [-0.4, -0.2) is 50.8 Å². The maximum absolute atomic E-state index is 13.4. The molecule has 1 aliphatic rings. The number of likely N-dealkylation sites (tertiary alicyclic amines) is 1. The van der Waals surface area contributed by atoms with E-state index < -0.39 is 10.0 Å². The van der Waals surface area contributed by atoms with Gasteiger partial charge in [-0.1, -0.05) is 35.9 Å². The van der Waals surface area contributed by atoms with E-state index in [0.717, 1.165) is 5.56 Å². The minimum absolute atomic E-state index is 0.0158. The number of nitrogens with one attached hydrogen (secondary N) is 1. The molecule has 35 heavy (non-hydrogen) atoms. The number of carbonyl (C=O) groups excluding carboxylic acids is 2. The molecule has 2 aromatic carbocycles. The summed E-state index contributed by atoms with van der Waals surface area (Å²) in [6, 6.07) is 18.7. The van der Waals surface area contributed by atoms with Crippen LogP contribution in [0.2, 0.25) is 0 Å². The first-order valence-electron chi connectivity index (χ1n) is 11.6. The second kappa shape index (κ2) is 10.8. The Labute approximate surface area is 205 Å². The van der Waals surface area contributed by atoms with Gasteiger partial charge in [-0.05, 0) is 56.2 Å². The zero-order valence-corrected chi connectivity index (χ0v) is 20.4. The minimum Gasteiger partial charge on any atom is -0.459 e. The summed E-state index contributed by atoms with van der Waals surface area (Å²) in [5.74, 6) is -0.0656. The lowest BCUT2D eigenvalue weighted by molar-refractivity contribution is -0.121. The summed E-state index contributed by atoms with van der Waals surface area (Å²) >= 11 is 0. The van der Waals surface area contributed by atoms with Crippen molar-refractivity contribution < 1.29 is 22.4 Å². The number of hydrogen-bond acceptors (Lipinski definition) is 5. The first-order chi connectivity index (χ1) is 16.8. The van der Waals surface area contributed by atoms with E-state index in [0.29, 0.717) is 37.4 Å². The molecule has 0 radical (unpaired) electrons. The number of hydrogen-bond donors (Lipinski definition) is 1. The fourth-order valence-corrected chi connectivity index (χ4v) is 5.59. The van der Waals surface area contributed by atoms with Crippen LogP contribution in [-0.2, 0) is 14.8 Å². The van der Waals surface area contributed by atoms with E-state index in [1.54, 1.807) is 59.5 Å². The SMILES string of the molecule is Cc1ccc(N(CCC(=O)NC2CCN(C(=O)c3ccco3)CC2)S(=O)(=O)c2ccccc2)cc1. The molecule has 1 fully saturated rings. The van der Waals surface area contributed by atoms with Crippen LogP contribution < -0.4 is 9.62 Å². The lowest BCUT2D eigenvalue weighted by Crippen LogP contribution is -2.47. The van der Waals surface area contributed by atoms with E-state index in [1.807, 2.05) is 19.1 Å². The fraction of sp³-hybridized carbons (Fsp3) is 0.308. The first kappa shape index (κ1) is 24.5. The second-order valence-electron chi connectivity index (χ2n) is 8.59. The summed E-state index contributed by atoms with van der Waals surface area (Å²) in [6.45, 7) is 2.98. The first-order valence-corrected chi connectivity index (χ1v) is 13.1. The number of nitrogens with zero attached hydrogens (tertiary/aromatic N) is 2. The van der Waals surface area contributed by atoms with Crippen molar-refractivity contribution in [2.75, 3.05) is 23.9 Å². The minimum atomic E-state index is -3.83. The molecule has 0 saturated carbocycles. The smallest absolute Gasteiger partial charge is 0.289 e. The predicted octanol–water partition coefficient (Wildman–Crippen LogP) is 3.59. The summed E-state index contributed by atoms with van der Waals surface area (Å²) < 4.78 is 33.2. The van der Waals surface area contributed by atoms with Crippen molar-refractivity contribution in [3.05, 3.63) is 84.3 Å². The van der Waals surface area contributed by atoms with Crippen LogP contribution in [0.4, 0.5) is 5.69 Å². The highest BCUT2D eigenvalue weighted by molar-refractivity contribution is 7.92. The molecule has 1 aliphatic heterocycles. The number of anilines is 1. The highest BCUT2D eigenvalue weighted by atomic mass is 32.2. The molecule has 1 N–H and O–H groups in total. The predicted molar refractivity (Wildman–Crippen MR) is 133 cm³/mol. The topological polar surface area (TPSA) is 99.9 Å². The molecule has 184 valence electrons. The van der Waals surface area contributed by atoms with Crippen LogP contribution in [0.25, 0.3) is 0 Å². The molecule has 1 aromatic heterocycles. The number of furan rings is 1. The van der Waals surface area contributed by atoms with Crippen molar-refractivity contribution in [2.24, 2.45) is 0 Å². The summed E-state index contributed by atoms with van der Waals surface area (Å²) in [7, 11) is -3.83. The molecule has 1 saturated heterocycles. The van der Waals surface area contributed by atoms with Gasteiger partial charge in [0, 0.05) is 32.1 Å². The highest BCUT2D eigenvalue weighted by Gasteiger charge is 2.28. The normalized spacial score (nSPS) is 14.5. The number of benzene rings is 2. The number of carbonyl (C=O) groups is 2. The molecular formula is C26H29N3O5S. The quantitative estimate of drug-likeness (QED) is 0.515. The Morgan fingerprint density at radius 3 is 2.31 bits per heavy atom. The number of amides is 2. The van der Waals surface area contributed by atoms with Gasteiger partial charge in [0.25, 0.3) is 15.9 Å². The molecule has 2 amide bonds. The van der Waals surface area contributed by atoms with Gasteiger partial charge in [0.05, 0.1) is 16.8 Å². The van der Waals surface area contributed by atoms with E-state index >= 15 is 0 Å². The maximum Gasteiger partial charge on any atom is 0.289 e. The molecule has 3 aromatic rings. The summed E-state index contributed by atoms with van der Waals surface area (Å²) in [5, 5.41) is 3.00. The monoisotopic (exact) mass is 495 g/mol. The lowest BCUT2D eigenvalue weighted by Gasteiger charge is -2.32. The molecule has 9 heteroatoms. The Morgan fingerprint density at radius 2 is 1.69 bits per heavy atom. The van der Waals surface area contributed by atoms with Crippen LogP contribution in [0.15, 0.2) is 82.3 Å². The van der Waals surface area contributed by atoms with Crippen molar-refractivity contribution in [2.45, 2.75) is 37.1 Å². The van der Waals surface area contributed by atoms with Crippen LogP contribution in [0.5, 0.6) is 0 Å². The van der Waals surface area contributed by atoms with Crippen molar-refractivity contribution >= 4 is 27.5 Å². The standard InChI is InChI=1S/C26H29N3O5S/c1-20-9-11-22(12-10-20)29(35(32,33)23-6-3-2-4-7-23)18-15-25(30)27-21-13-16-28(17-14-21)26(31)24-8-5-19-34-24/h2-12,19,21H,13-18H2,1H3,(H,27,30). The zero-order chi connectivity index (χ0) is 24.8. The number of rotatable bonds is 8. The zero-order valence-electron chi connectivity index (χ0n) is 19.6. The molecule has 0 unspecified atom stereocenters. The average Bonchev–Trinajstić information content (AvgIpc) is 3.41. The Morgan fingerprint density at radius 1 is 1.00 bits per heavy atom. The summed E-state index contributed by atoms with van der Waals surface area (Å²) in [6.07, 6.45) is 2.74. The Bertz CT molecular complexity index is 1230. The Hall–Kier alpha value is -3.59. The molecule has 0 atom stereocenters. The third-order valence-corrected chi connectivity index (χ3v) is 7.92. The molecule has 4 rings (SSSR count). The molecule has 0 spiro atoms. The Balaban J connectivity index is 1.37. The number of aryl methyl sites for hydroxylation is 1. The molecule has 0 bridgehead atoms. The van der Waals surface area contributed by atoms with Gasteiger partial charge in [-0.2, -0.15) is 0 Å². The van der Waals surface area contributed by atoms with Crippen LogP contribution >= 0.6 is 0 Å². The van der Waals surface area contributed by atoms with Crippen molar-refractivity contribution in [3.8, 4) is 0 Å². The van der Waals surface area contributed by atoms with E-state index in [9.17, 15) is 18.0 Å². The van der Waals surface area contributed by atoms with Crippen molar-refractivity contribution in [3.63, 3.8) is 0 Å². The van der Waals surface area contributed by atoms with Gasteiger partial charge in [0.15, 0.2) is 5.76 Å². The Kier molecular flexibility index (Phi) is 7.55. The van der Waals surface area contributed by atoms with Crippen LogP contribution in [0, 0.1) is 6.92 Å². The van der Waals surface area contributed by atoms with E-state index in [4.69, 9.17) is 4.42 Å². The number of sulfonamides is 1. The van der Waals surface area contributed by atoms with Crippen molar-refractivity contribution in [1.82, 2.24) is 10.2 Å². The largest absolute Gasteiger partial charge is 0.459 e. The molecule has 8 nitrogen and oxygen atoms in total. The van der Waals surface area contributed by atoms with Gasteiger partial charge in [-0.15, -0.1) is 0 Å². The van der Waals surface area contributed by atoms with Crippen LogP contribution in [0.1, 0.15) is 35.4 Å². The third-order valence-electron chi connectivity index (χ3n) is 6.07. The third kappa shape index (κ3) is 5.92. The molecule has 2 heterocycles. The van der Waals surface area contributed by atoms with Crippen LogP contribution in [0.3, 0.4) is 0 Å². The van der Waals surface area contributed by atoms with Crippen molar-refractivity contribution in [1.29, 1.82) is 0 Å². The van der Waals surface area contributed by atoms with E-state index in [1.165, 1.54) is 10.6 Å². The fourth-order valence-electron chi connectivity index (χ4n) is 4.10. The average molecular weight is 496 g/mol. The van der Waals surface area contributed by atoms with E-state index in [2.05, 4.69) is 5.32 Å². The maximum atomic E-state index is 13.4.